The lowest BCUT2D eigenvalue weighted by Gasteiger charge is -2.25. The Balaban J connectivity index is 1.69. The number of aliphatic hydroxyl groups excluding tert-OH is 1. The van der Waals surface area contributed by atoms with Crippen LogP contribution in [0.25, 0.3) is 4.91 Å². The molecule has 5 atom stereocenters. The zero-order valence-corrected chi connectivity index (χ0v) is 20.8. The molecule has 0 radical (unpaired) electrons. The van der Waals surface area contributed by atoms with Crippen molar-refractivity contribution in [1.29, 1.82) is 0 Å². The quantitative estimate of drug-likeness (QED) is 0.305. The van der Waals surface area contributed by atoms with Crippen molar-refractivity contribution in [2.75, 3.05) is 23.9 Å². The summed E-state index contributed by atoms with van der Waals surface area (Å²) < 4.78 is 24.4. The molecule has 1 unspecified atom stereocenters. The first-order chi connectivity index (χ1) is 15.6. The van der Waals surface area contributed by atoms with E-state index in [4.69, 9.17) is 15.2 Å². The summed E-state index contributed by atoms with van der Waals surface area (Å²) >= 11 is 1.44. The molecule has 33 heavy (non-hydrogen) atoms. The van der Waals surface area contributed by atoms with Crippen LogP contribution in [0, 0.1) is 12.8 Å². The largest absolute Gasteiger partial charge is 0.398 e. The number of aryl methyl sites for hydroxylation is 1. The number of nitrogen functional groups attached to an aromatic ring is 1. The van der Waals surface area contributed by atoms with E-state index in [1.165, 1.54) is 11.8 Å². The van der Waals surface area contributed by atoms with Crippen LogP contribution in [0.5, 0.6) is 0 Å². The standard InChI is InChI=1S/C23H30N4O4S2/c1-12-18(13(2)32-17-9-7-6-8-15(17)24)21(27-22(25-12)33(5)29)26-16-10-14(11-28)19-20(16)31-23(3,4)30-19/h6-9,14,16,19-20,28H,2,10-11,24H2,1,3-5H3,(H,25,26,27)/t14-,16-,19-,20+,33?/m1/s1. The van der Waals surface area contributed by atoms with Gasteiger partial charge in [-0.3, -0.25) is 4.21 Å². The molecule has 2 fully saturated rings. The Hall–Kier alpha value is -1.98. The number of aliphatic hydroxyl groups is 1. The molecule has 1 aromatic heterocycles. The molecule has 2 heterocycles. The fraction of sp³-hybridized carbons (Fsp3) is 0.478. The predicted molar refractivity (Wildman–Crippen MR) is 131 cm³/mol. The molecule has 10 heteroatoms. The van der Waals surface area contributed by atoms with Gasteiger partial charge in [-0.05, 0) is 39.3 Å². The summed E-state index contributed by atoms with van der Waals surface area (Å²) in [6.45, 7) is 9.88. The molecule has 4 N–H and O–H groups in total. The smallest absolute Gasteiger partial charge is 0.220 e. The van der Waals surface area contributed by atoms with Gasteiger partial charge in [0.1, 0.15) is 11.9 Å². The summed E-state index contributed by atoms with van der Waals surface area (Å²) in [6, 6.07) is 7.43. The van der Waals surface area contributed by atoms with E-state index < -0.39 is 16.6 Å². The van der Waals surface area contributed by atoms with Crippen molar-refractivity contribution < 1.29 is 18.8 Å². The fourth-order valence-electron chi connectivity index (χ4n) is 4.45. The molecular weight excluding hydrogens is 460 g/mol. The van der Waals surface area contributed by atoms with Gasteiger partial charge in [0.15, 0.2) is 5.79 Å². The molecule has 4 rings (SSSR count). The van der Waals surface area contributed by atoms with Crippen LogP contribution in [0.3, 0.4) is 0 Å². The molecule has 0 amide bonds. The van der Waals surface area contributed by atoms with E-state index in [0.29, 0.717) is 23.6 Å². The highest BCUT2D eigenvalue weighted by Crippen LogP contribution is 2.44. The average molecular weight is 491 g/mol. The lowest BCUT2D eigenvalue weighted by Crippen LogP contribution is -2.35. The maximum atomic E-state index is 12.2. The summed E-state index contributed by atoms with van der Waals surface area (Å²) in [7, 11) is -1.36. The minimum absolute atomic E-state index is 0.00845. The maximum absolute atomic E-state index is 12.2. The topological polar surface area (TPSA) is 120 Å². The number of anilines is 2. The van der Waals surface area contributed by atoms with Gasteiger partial charge in [-0.15, -0.1) is 0 Å². The maximum Gasteiger partial charge on any atom is 0.220 e. The number of aromatic nitrogens is 2. The summed E-state index contributed by atoms with van der Waals surface area (Å²) in [5.41, 5.74) is 8.19. The van der Waals surface area contributed by atoms with Gasteiger partial charge in [0.2, 0.25) is 5.16 Å². The number of thioether (sulfide) groups is 1. The number of para-hydroxylation sites is 1. The number of rotatable bonds is 7. The number of nitrogens with two attached hydrogens (primary N) is 1. The highest BCUT2D eigenvalue weighted by Gasteiger charge is 2.54. The molecule has 0 spiro atoms. The highest BCUT2D eigenvalue weighted by atomic mass is 32.2. The van der Waals surface area contributed by atoms with E-state index >= 15 is 0 Å². The van der Waals surface area contributed by atoms with E-state index in [1.807, 2.05) is 45.0 Å². The summed E-state index contributed by atoms with van der Waals surface area (Å²) in [6.07, 6.45) is 1.74. The van der Waals surface area contributed by atoms with E-state index in [-0.39, 0.29) is 35.9 Å². The molecule has 1 aromatic carbocycles. The third-order valence-electron chi connectivity index (χ3n) is 5.90. The molecule has 1 aliphatic heterocycles. The van der Waals surface area contributed by atoms with Crippen LogP contribution in [-0.4, -0.2) is 56.2 Å². The van der Waals surface area contributed by atoms with Crippen molar-refractivity contribution in [2.45, 2.75) is 61.3 Å². The molecule has 8 nitrogen and oxygen atoms in total. The molecule has 0 bridgehead atoms. The van der Waals surface area contributed by atoms with Crippen molar-refractivity contribution in [3.63, 3.8) is 0 Å². The molecule has 1 saturated heterocycles. The van der Waals surface area contributed by atoms with Crippen molar-refractivity contribution >= 4 is 39.0 Å². The number of nitrogens with zero attached hydrogens (tertiary/aromatic N) is 2. The molecule has 2 aromatic rings. The summed E-state index contributed by atoms with van der Waals surface area (Å²) in [5.74, 6) is -0.245. The number of hydrogen-bond acceptors (Lipinski definition) is 9. The third kappa shape index (κ3) is 4.95. The van der Waals surface area contributed by atoms with Crippen LogP contribution < -0.4 is 11.1 Å². The van der Waals surface area contributed by atoms with Crippen molar-refractivity contribution in [3.8, 4) is 0 Å². The number of nitrogens with one attached hydrogen (secondary N) is 1. The van der Waals surface area contributed by atoms with Gasteiger partial charge in [0, 0.05) is 34.3 Å². The number of hydrogen-bond donors (Lipinski definition) is 3. The molecule has 1 aliphatic carbocycles. The Morgan fingerprint density at radius 3 is 2.70 bits per heavy atom. The average Bonchev–Trinajstić information content (AvgIpc) is 3.22. The van der Waals surface area contributed by atoms with E-state index in [2.05, 4.69) is 21.9 Å². The number of ether oxygens (including phenoxy) is 2. The second-order valence-electron chi connectivity index (χ2n) is 8.83. The van der Waals surface area contributed by atoms with Gasteiger partial charge in [-0.1, -0.05) is 30.5 Å². The highest BCUT2D eigenvalue weighted by molar-refractivity contribution is 8.08. The Labute approximate surface area is 200 Å². The minimum Gasteiger partial charge on any atom is -0.398 e. The first-order valence-corrected chi connectivity index (χ1v) is 13.1. The molecule has 178 valence electrons. The minimum atomic E-state index is -1.36. The van der Waals surface area contributed by atoms with Gasteiger partial charge < -0.3 is 25.6 Å². The second-order valence-corrected chi connectivity index (χ2v) is 11.2. The summed E-state index contributed by atoms with van der Waals surface area (Å²) in [4.78, 5) is 10.7. The van der Waals surface area contributed by atoms with Crippen LogP contribution in [0.1, 0.15) is 31.5 Å². The van der Waals surface area contributed by atoms with E-state index in [1.54, 1.807) is 6.26 Å². The lowest BCUT2D eigenvalue weighted by molar-refractivity contribution is -0.158. The van der Waals surface area contributed by atoms with Crippen molar-refractivity contribution in [2.24, 2.45) is 5.92 Å². The molecule has 2 aliphatic rings. The Morgan fingerprint density at radius 1 is 1.33 bits per heavy atom. The van der Waals surface area contributed by atoms with Crippen LogP contribution in [0.2, 0.25) is 0 Å². The fourth-order valence-corrected chi connectivity index (χ4v) is 5.88. The van der Waals surface area contributed by atoms with Crippen LogP contribution in [-0.2, 0) is 20.3 Å². The first kappa shape index (κ1) is 24.2. The summed E-state index contributed by atoms with van der Waals surface area (Å²) in [5, 5.41) is 13.6. The number of fused-ring (bicyclic) bond motifs is 1. The first-order valence-electron chi connectivity index (χ1n) is 10.8. The van der Waals surface area contributed by atoms with Crippen molar-refractivity contribution in [3.05, 3.63) is 42.1 Å². The molecular formula is C23H30N4O4S2. The Kier molecular flexibility index (Phi) is 6.84. The monoisotopic (exact) mass is 490 g/mol. The predicted octanol–water partition coefficient (Wildman–Crippen LogP) is 3.18. The lowest BCUT2D eigenvalue weighted by atomic mass is 10.1. The number of benzene rings is 1. The third-order valence-corrected chi connectivity index (χ3v) is 7.63. The SMILES string of the molecule is C=C(Sc1ccccc1N)c1c(C)nc(S(C)=O)nc1N[C@@H]1C[C@H](CO)[C@H]2OC(C)(C)O[C@H]21. The zero-order chi connectivity index (χ0) is 23.9. The van der Waals surface area contributed by atoms with Crippen LogP contribution in [0.15, 0.2) is 40.9 Å². The van der Waals surface area contributed by atoms with Crippen LogP contribution >= 0.6 is 11.8 Å². The zero-order valence-electron chi connectivity index (χ0n) is 19.2. The van der Waals surface area contributed by atoms with E-state index in [9.17, 15) is 9.32 Å². The van der Waals surface area contributed by atoms with Crippen LogP contribution in [0.4, 0.5) is 11.5 Å². The van der Waals surface area contributed by atoms with Gasteiger partial charge >= 0.3 is 0 Å². The normalized spacial score (nSPS) is 26.7. The van der Waals surface area contributed by atoms with Gasteiger partial charge in [-0.2, -0.15) is 0 Å². The van der Waals surface area contributed by atoms with E-state index in [0.717, 1.165) is 15.4 Å². The second kappa shape index (κ2) is 9.34. The van der Waals surface area contributed by atoms with Gasteiger partial charge in [-0.25, -0.2) is 9.97 Å². The molecule has 1 saturated carbocycles. The Morgan fingerprint density at radius 2 is 2.03 bits per heavy atom. The van der Waals surface area contributed by atoms with Gasteiger partial charge in [0.05, 0.1) is 34.2 Å². The van der Waals surface area contributed by atoms with Crippen molar-refractivity contribution in [1.82, 2.24) is 9.97 Å². The Bertz CT molecular complexity index is 1090. The van der Waals surface area contributed by atoms with Gasteiger partial charge in [0.25, 0.3) is 0 Å².